The molecule has 0 rings (SSSR count). The largest absolute Gasteiger partial charge is 0.481 e. The van der Waals surface area contributed by atoms with Gasteiger partial charge in [-0.1, -0.05) is 19.0 Å². The highest BCUT2D eigenvalue weighted by atomic mass is 16.4. The molecule has 9 amide bonds. The van der Waals surface area contributed by atoms with E-state index in [-0.39, 0.29) is 51.7 Å². The number of nitrogens with one attached hydrogen (secondary N) is 8. The van der Waals surface area contributed by atoms with E-state index in [4.69, 9.17) is 34.2 Å². The zero-order valence-electron chi connectivity index (χ0n) is 42.5. The topological polar surface area (TPSA) is 541 Å². The second-order valence-electron chi connectivity index (χ2n) is 17.8. The van der Waals surface area contributed by atoms with Crippen LogP contribution in [0.1, 0.15) is 117 Å². The van der Waals surface area contributed by atoms with E-state index in [1.807, 2.05) is 5.32 Å². The van der Waals surface area contributed by atoms with Crippen LogP contribution in [0.4, 0.5) is 0 Å². The number of carbonyl (C=O) groups is 12. The summed E-state index contributed by atoms with van der Waals surface area (Å²) in [6.07, 6.45) is -0.108. The van der Waals surface area contributed by atoms with Crippen LogP contribution in [0.3, 0.4) is 0 Å². The van der Waals surface area contributed by atoms with Crippen LogP contribution in [-0.2, 0) is 57.5 Å². The zero-order chi connectivity index (χ0) is 57.0. The molecule has 31 heteroatoms. The van der Waals surface area contributed by atoms with Gasteiger partial charge in [-0.2, -0.15) is 0 Å². The Morgan fingerprint density at radius 1 is 0.440 bits per heavy atom. The Hall–Kier alpha value is -7.21. The molecule has 75 heavy (non-hydrogen) atoms. The molecule has 0 heterocycles. The number of carboxylic acids is 3. The van der Waals surface area contributed by atoms with E-state index in [1.54, 1.807) is 0 Å². The summed E-state index contributed by atoms with van der Waals surface area (Å²) < 4.78 is 0. The van der Waals surface area contributed by atoms with Crippen LogP contribution >= 0.6 is 0 Å². The van der Waals surface area contributed by atoms with Crippen LogP contribution in [0.15, 0.2) is 5.11 Å². The Bertz CT molecular complexity index is 1970. The van der Waals surface area contributed by atoms with E-state index < -0.39 is 158 Å². The molecule has 0 spiro atoms. The lowest BCUT2D eigenvalue weighted by Gasteiger charge is -2.29. The second-order valence-corrected chi connectivity index (χ2v) is 17.8. The van der Waals surface area contributed by atoms with Crippen LogP contribution in [0.2, 0.25) is 0 Å². The Morgan fingerprint density at radius 2 is 0.760 bits per heavy atom. The van der Waals surface area contributed by atoms with Crippen molar-refractivity contribution in [3.8, 4) is 0 Å². The lowest BCUT2D eigenvalue weighted by Crippen LogP contribution is -2.61. The molecule has 424 valence electrons. The third-order valence-corrected chi connectivity index (χ3v) is 11.2. The first-order valence-corrected chi connectivity index (χ1v) is 24.6. The van der Waals surface area contributed by atoms with Gasteiger partial charge in [0.1, 0.15) is 54.9 Å². The third kappa shape index (κ3) is 29.3. The summed E-state index contributed by atoms with van der Waals surface area (Å²) >= 11 is 0. The normalized spacial score (nSPS) is 14.1. The van der Waals surface area contributed by atoms with Crippen molar-refractivity contribution in [2.24, 2.45) is 39.7 Å². The summed E-state index contributed by atoms with van der Waals surface area (Å²) in [6, 6.07) is -12.3. The van der Waals surface area contributed by atoms with E-state index in [2.05, 4.69) is 47.2 Å². The van der Waals surface area contributed by atoms with Gasteiger partial charge in [0.25, 0.3) is 0 Å². The number of hydrogen-bond donors (Lipinski definition) is 16. The fraction of sp³-hybridized carbons (Fsp3) is 0.727. The Labute approximate surface area is 433 Å². The van der Waals surface area contributed by atoms with Gasteiger partial charge in [0.2, 0.25) is 53.2 Å². The minimum absolute atomic E-state index is 0.00240. The van der Waals surface area contributed by atoms with E-state index in [0.717, 1.165) is 0 Å². The van der Waals surface area contributed by atoms with Gasteiger partial charge in [-0.3, -0.25) is 57.5 Å². The number of nitrogens with two attached hydrogens (primary N) is 5. The van der Waals surface area contributed by atoms with Crippen molar-refractivity contribution in [1.29, 1.82) is 0 Å². The molecule has 0 aromatic carbocycles. The SMILES string of the molecule is CC(C)[C@H](NC(=O)C(CCC(=O)O)NC(=O)[C@H](CC(=O)O)NC(=O)CN=[N+]=[N-])C(=O)NC(CC(=O)O)C(=O)N[C@@H](CCCCN)C(=O)N[C@@H](CCCCN)C(=O)N[C@@H](CCCCN)C(=O)N[C@@H](CCCCN)C(N)=O. The number of primary amides is 1. The smallest absolute Gasteiger partial charge is 0.305 e. The molecule has 0 radical (unpaired) electrons. The Kier molecular flexibility index (Phi) is 34.7. The van der Waals surface area contributed by atoms with Crippen molar-refractivity contribution in [3.05, 3.63) is 10.4 Å². The zero-order valence-corrected chi connectivity index (χ0v) is 42.5. The van der Waals surface area contributed by atoms with E-state index in [0.29, 0.717) is 51.5 Å². The van der Waals surface area contributed by atoms with Gasteiger partial charge in [0.15, 0.2) is 0 Å². The molecule has 31 nitrogen and oxygen atoms in total. The first kappa shape index (κ1) is 67.8. The van der Waals surface area contributed by atoms with Crippen molar-refractivity contribution in [2.75, 3.05) is 32.7 Å². The van der Waals surface area contributed by atoms with Gasteiger partial charge in [0.05, 0.1) is 12.8 Å². The maximum Gasteiger partial charge on any atom is 0.305 e. The fourth-order valence-corrected chi connectivity index (χ4v) is 7.12. The van der Waals surface area contributed by atoms with Crippen molar-refractivity contribution in [1.82, 2.24) is 42.5 Å². The van der Waals surface area contributed by atoms with E-state index in [9.17, 15) is 72.9 Å². The average Bonchev–Trinajstić information content (AvgIpc) is 3.33. The molecule has 0 aliphatic carbocycles. The first-order valence-electron chi connectivity index (χ1n) is 24.6. The summed E-state index contributed by atoms with van der Waals surface area (Å²) in [5, 5.41) is 50.5. The predicted octanol–water partition coefficient (Wildman–Crippen LogP) is -4.35. The number of carbonyl (C=O) groups excluding carboxylic acids is 9. The Morgan fingerprint density at radius 3 is 1.09 bits per heavy atom. The van der Waals surface area contributed by atoms with Gasteiger partial charge >= 0.3 is 17.9 Å². The van der Waals surface area contributed by atoms with E-state index in [1.165, 1.54) is 13.8 Å². The monoisotopic (exact) mass is 1070 g/mol. The number of carboxylic acid groups (broad SMARTS) is 3. The first-order chi connectivity index (χ1) is 35.5. The number of amides is 9. The molecule has 0 aromatic heterocycles. The second kappa shape index (κ2) is 38.4. The predicted molar refractivity (Wildman–Crippen MR) is 266 cm³/mol. The van der Waals surface area contributed by atoms with E-state index >= 15 is 0 Å². The molecule has 0 aromatic rings. The molecule has 21 N–H and O–H groups in total. The number of unbranched alkanes of at least 4 members (excludes halogenated alkanes) is 4. The number of azide groups is 1. The van der Waals surface area contributed by atoms with Crippen molar-refractivity contribution < 1.29 is 72.9 Å². The maximum atomic E-state index is 14.1. The van der Waals surface area contributed by atoms with Crippen molar-refractivity contribution in [2.45, 2.75) is 165 Å². The average molecular weight is 1070 g/mol. The minimum Gasteiger partial charge on any atom is -0.481 e. The lowest BCUT2D eigenvalue weighted by atomic mass is 10.0. The van der Waals surface area contributed by atoms with Crippen LogP contribution in [0, 0.1) is 5.92 Å². The molecule has 0 saturated carbocycles. The number of aliphatic carboxylic acids is 3. The van der Waals surface area contributed by atoms with Crippen molar-refractivity contribution >= 4 is 71.1 Å². The van der Waals surface area contributed by atoms with Gasteiger partial charge < -0.3 is 86.5 Å². The van der Waals surface area contributed by atoms with Crippen molar-refractivity contribution in [3.63, 3.8) is 0 Å². The molecule has 0 saturated heterocycles. The molecule has 0 bridgehead atoms. The fourth-order valence-electron chi connectivity index (χ4n) is 7.12. The van der Waals surface area contributed by atoms with Crippen LogP contribution in [0.5, 0.6) is 0 Å². The third-order valence-electron chi connectivity index (χ3n) is 11.2. The van der Waals surface area contributed by atoms with Crippen LogP contribution in [-0.4, -0.2) is 167 Å². The van der Waals surface area contributed by atoms with Gasteiger partial charge in [-0.25, -0.2) is 0 Å². The number of nitrogens with zero attached hydrogens (tertiary/aromatic N) is 3. The highest BCUT2D eigenvalue weighted by Gasteiger charge is 2.36. The van der Waals surface area contributed by atoms with Gasteiger partial charge in [0, 0.05) is 11.3 Å². The van der Waals surface area contributed by atoms with Gasteiger partial charge in [-0.05, 0) is 121 Å². The summed E-state index contributed by atoms with van der Waals surface area (Å²) in [4.78, 5) is 158. The summed E-state index contributed by atoms with van der Waals surface area (Å²) in [7, 11) is 0. The molecular weight excluding hydrogens is 993 g/mol. The molecule has 2 unspecified atom stereocenters. The Balaban J connectivity index is 6.76. The molecule has 0 aliphatic heterocycles. The number of rotatable bonds is 42. The lowest BCUT2D eigenvalue weighted by molar-refractivity contribution is -0.142. The molecule has 0 fully saturated rings. The van der Waals surface area contributed by atoms with Crippen LogP contribution < -0.4 is 71.2 Å². The summed E-state index contributed by atoms with van der Waals surface area (Å²) in [5.41, 5.74) is 36.7. The maximum absolute atomic E-state index is 14.1. The highest BCUT2D eigenvalue weighted by molar-refractivity contribution is 5.99. The van der Waals surface area contributed by atoms with Crippen LogP contribution in [0.25, 0.3) is 10.4 Å². The number of hydrogen-bond acceptors (Lipinski definition) is 17. The van der Waals surface area contributed by atoms with Gasteiger partial charge in [-0.15, -0.1) is 0 Å². The quantitative estimate of drug-likeness (QED) is 0.0119. The summed E-state index contributed by atoms with van der Waals surface area (Å²) in [6.45, 7) is 3.04. The molecule has 0 aliphatic rings. The molecular formula is C44H78N16O15. The highest BCUT2D eigenvalue weighted by Crippen LogP contribution is 2.12. The standard InChI is InChI=1S/C44H78N16O15/c1-24(2)36(59-41(72)29(15-16-33(62)63)57-42(73)30(21-34(64)65)52-32(61)23-51-60-50)44(75)58-31(22-35(66)67)43(74)56-28(14-6-10-20-48)40(71)55-27(13-5-9-19-47)39(70)54-26(12-4-8-18-46)38(69)53-25(37(49)68)11-3-7-17-45/h24-31,36H,3-23,45-48H2,1-2H3,(H2,49,68)(H,52,61)(H,53,69)(H,54,70)(H,55,71)(H,56,74)(H,57,73)(H,58,75)(H,59,72)(H,62,63)(H,64,65)(H,66,67)/t25-,26-,27-,28-,29?,30-,31?,36-/m0/s1. The minimum atomic E-state index is -1.93. The molecule has 8 atom stereocenters. The summed E-state index contributed by atoms with van der Waals surface area (Å²) in [5.74, 6) is -14.6.